The summed E-state index contributed by atoms with van der Waals surface area (Å²) in [6, 6.07) is 0. The molecule has 2 N–H and O–H groups in total. The lowest BCUT2D eigenvalue weighted by Gasteiger charge is -1.87. The molecule has 50 valence electrons. The molecule has 0 heterocycles. The molecule has 3 nitrogen and oxygen atoms in total. The van der Waals surface area contributed by atoms with E-state index >= 15 is 0 Å². The highest BCUT2D eigenvalue weighted by Gasteiger charge is 1.99. The molecule has 0 fully saturated rings. The Bertz CT molecular complexity index is 162. The summed E-state index contributed by atoms with van der Waals surface area (Å²) in [5.74, 6) is 0. The molecular formula is C5H7ClN2O. The van der Waals surface area contributed by atoms with Crippen molar-refractivity contribution >= 4 is 23.1 Å². The van der Waals surface area contributed by atoms with Crippen LogP contribution in [0.4, 0.5) is 0 Å². The van der Waals surface area contributed by atoms with Gasteiger partial charge in [0.15, 0.2) is 0 Å². The van der Waals surface area contributed by atoms with E-state index in [1.54, 1.807) is 6.92 Å². The molecule has 0 spiro atoms. The second-order valence-electron chi connectivity index (χ2n) is 1.21. The number of nitrogens with zero attached hydrogens (tertiary/aromatic N) is 1. The SMILES string of the molecule is C/C=N\C(=C/N)C(=O)Cl. The van der Waals surface area contributed by atoms with Gasteiger partial charge in [-0.05, 0) is 18.5 Å². The van der Waals surface area contributed by atoms with Crippen molar-refractivity contribution in [2.75, 3.05) is 0 Å². The minimum Gasteiger partial charge on any atom is -0.403 e. The number of allylic oxidation sites excluding steroid dienone is 1. The molecule has 0 atom stereocenters. The predicted octanol–water partition coefficient (Wildman–Crippen LogP) is 0.643. The number of hydrogen-bond donors (Lipinski definition) is 1. The van der Waals surface area contributed by atoms with Gasteiger partial charge in [0.2, 0.25) is 0 Å². The summed E-state index contributed by atoms with van der Waals surface area (Å²) in [5, 5.41) is -0.643. The molecule has 0 aromatic heterocycles. The van der Waals surface area contributed by atoms with Crippen molar-refractivity contribution in [3.8, 4) is 0 Å². The van der Waals surface area contributed by atoms with E-state index in [1.807, 2.05) is 0 Å². The monoisotopic (exact) mass is 146 g/mol. The minimum atomic E-state index is -0.643. The number of rotatable bonds is 2. The molecule has 0 aromatic rings. The van der Waals surface area contributed by atoms with Gasteiger partial charge in [-0.15, -0.1) is 0 Å². The van der Waals surface area contributed by atoms with Gasteiger partial charge in [0.1, 0.15) is 5.70 Å². The largest absolute Gasteiger partial charge is 0.403 e. The average Bonchev–Trinajstić information content (AvgIpc) is 1.82. The fraction of sp³-hybridized carbons (Fsp3) is 0.200. The van der Waals surface area contributed by atoms with Gasteiger partial charge >= 0.3 is 0 Å². The Morgan fingerprint density at radius 2 is 2.33 bits per heavy atom. The van der Waals surface area contributed by atoms with Crippen LogP contribution in [-0.2, 0) is 4.79 Å². The van der Waals surface area contributed by atoms with Crippen LogP contribution in [0.3, 0.4) is 0 Å². The van der Waals surface area contributed by atoms with Gasteiger partial charge in [0.25, 0.3) is 5.24 Å². The second kappa shape index (κ2) is 4.09. The standard InChI is InChI=1S/C5H7ClN2O/c1-2-8-4(3-7)5(6)9/h2-3H,7H2,1H3/b4-3-,8-2-. The summed E-state index contributed by atoms with van der Waals surface area (Å²) in [6.45, 7) is 1.67. The molecule has 0 bridgehead atoms. The minimum absolute atomic E-state index is 0.0687. The molecule has 0 saturated heterocycles. The van der Waals surface area contributed by atoms with Crippen LogP contribution in [0.1, 0.15) is 6.92 Å². The first-order valence-corrected chi connectivity index (χ1v) is 2.70. The van der Waals surface area contributed by atoms with Crippen LogP contribution >= 0.6 is 11.6 Å². The van der Waals surface area contributed by atoms with Gasteiger partial charge in [-0.3, -0.25) is 9.79 Å². The summed E-state index contributed by atoms with van der Waals surface area (Å²) < 4.78 is 0. The van der Waals surface area contributed by atoms with E-state index in [-0.39, 0.29) is 5.70 Å². The predicted molar refractivity (Wildman–Crippen MR) is 37.3 cm³/mol. The molecule has 0 unspecified atom stereocenters. The number of aliphatic imine (C=N–C) groups is 1. The third kappa shape index (κ3) is 2.87. The van der Waals surface area contributed by atoms with Gasteiger partial charge in [-0.2, -0.15) is 0 Å². The highest BCUT2D eigenvalue weighted by Crippen LogP contribution is 1.98. The van der Waals surface area contributed by atoms with E-state index < -0.39 is 5.24 Å². The average molecular weight is 147 g/mol. The Morgan fingerprint density at radius 1 is 1.78 bits per heavy atom. The van der Waals surface area contributed by atoms with E-state index in [1.165, 1.54) is 6.21 Å². The normalized spacial score (nSPS) is 12.4. The van der Waals surface area contributed by atoms with Crippen molar-refractivity contribution in [2.45, 2.75) is 6.92 Å². The van der Waals surface area contributed by atoms with Gasteiger partial charge in [0, 0.05) is 12.4 Å². The van der Waals surface area contributed by atoms with Crippen molar-refractivity contribution in [2.24, 2.45) is 10.7 Å². The van der Waals surface area contributed by atoms with E-state index in [2.05, 4.69) is 4.99 Å². The quantitative estimate of drug-likeness (QED) is 0.353. The number of carbonyl (C=O) groups excluding carboxylic acids is 1. The van der Waals surface area contributed by atoms with Crippen molar-refractivity contribution in [1.29, 1.82) is 0 Å². The Morgan fingerprint density at radius 3 is 2.44 bits per heavy atom. The molecular weight excluding hydrogens is 140 g/mol. The van der Waals surface area contributed by atoms with Crippen LogP contribution in [0.15, 0.2) is 16.9 Å². The van der Waals surface area contributed by atoms with Crippen LogP contribution < -0.4 is 5.73 Å². The van der Waals surface area contributed by atoms with Gasteiger partial charge in [-0.1, -0.05) is 0 Å². The highest BCUT2D eigenvalue weighted by atomic mass is 35.5. The molecule has 9 heavy (non-hydrogen) atoms. The van der Waals surface area contributed by atoms with Gasteiger partial charge < -0.3 is 5.73 Å². The lowest BCUT2D eigenvalue weighted by Crippen LogP contribution is -1.94. The summed E-state index contributed by atoms with van der Waals surface area (Å²) in [4.78, 5) is 13.8. The van der Waals surface area contributed by atoms with Crippen molar-refractivity contribution in [3.05, 3.63) is 11.9 Å². The lowest BCUT2D eigenvalue weighted by molar-refractivity contribution is -0.108. The Labute approximate surface area is 58.2 Å². The topological polar surface area (TPSA) is 55.4 Å². The molecule has 0 aliphatic heterocycles. The molecule has 0 saturated carbocycles. The molecule has 0 aliphatic rings. The summed E-state index contributed by atoms with van der Waals surface area (Å²) >= 11 is 5.02. The molecule has 0 radical (unpaired) electrons. The lowest BCUT2D eigenvalue weighted by atomic mass is 10.5. The summed E-state index contributed by atoms with van der Waals surface area (Å²) in [5.41, 5.74) is 5.05. The summed E-state index contributed by atoms with van der Waals surface area (Å²) in [7, 11) is 0. The number of nitrogens with two attached hydrogens (primary N) is 1. The van der Waals surface area contributed by atoms with Crippen molar-refractivity contribution < 1.29 is 4.79 Å². The molecule has 0 rings (SSSR count). The maximum atomic E-state index is 10.3. The fourth-order valence-electron chi connectivity index (χ4n) is 0.298. The van der Waals surface area contributed by atoms with Gasteiger partial charge in [0.05, 0.1) is 0 Å². The van der Waals surface area contributed by atoms with Crippen molar-refractivity contribution in [3.63, 3.8) is 0 Å². The Kier molecular flexibility index (Phi) is 3.71. The van der Waals surface area contributed by atoms with Crippen LogP contribution in [-0.4, -0.2) is 11.5 Å². The molecule has 0 amide bonds. The summed E-state index contributed by atoms with van der Waals surface area (Å²) in [6.07, 6.45) is 2.51. The molecule has 4 heteroatoms. The molecule has 0 aliphatic carbocycles. The van der Waals surface area contributed by atoms with E-state index in [0.717, 1.165) is 6.20 Å². The number of hydrogen-bond acceptors (Lipinski definition) is 3. The first kappa shape index (κ1) is 8.17. The van der Waals surface area contributed by atoms with E-state index in [0.29, 0.717) is 0 Å². The van der Waals surface area contributed by atoms with E-state index in [9.17, 15) is 4.79 Å². The van der Waals surface area contributed by atoms with E-state index in [4.69, 9.17) is 17.3 Å². The van der Waals surface area contributed by atoms with Gasteiger partial charge in [-0.25, -0.2) is 0 Å². The zero-order valence-electron chi connectivity index (χ0n) is 4.97. The van der Waals surface area contributed by atoms with Crippen LogP contribution in [0.25, 0.3) is 0 Å². The smallest absolute Gasteiger partial charge is 0.272 e. The third-order valence-electron chi connectivity index (χ3n) is 0.627. The van der Waals surface area contributed by atoms with Crippen LogP contribution in [0.5, 0.6) is 0 Å². The van der Waals surface area contributed by atoms with Crippen LogP contribution in [0.2, 0.25) is 0 Å². The Hall–Kier alpha value is -0.830. The zero-order valence-corrected chi connectivity index (χ0v) is 5.72. The number of halogens is 1. The Balaban J connectivity index is 4.19. The number of carbonyl (C=O) groups is 1. The van der Waals surface area contributed by atoms with Crippen LogP contribution in [0, 0.1) is 0 Å². The third-order valence-corrected chi connectivity index (χ3v) is 0.821. The first-order chi connectivity index (χ1) is 4.22. The highest BCUT2D eigenvalue weighted by molar-refractivity contribution is 6.67. The van der Waals surface area contributed by atoms with Crippen molar-refractivity contribution in [1.82, 2.24) is 0 Å². The fourth-order valence-corrected chi connectivity index (χ4v) is 0.410. The zero-order chi connectivity index (χ0) is 7.28. The maximum absolute atomic E-state index is 10.3. The maximum Gasteiger partial charge on any atom is 0.272 e. The second-order valence-corrected chi connectivity index (χ2v) is 1.56. The molecule has 0 aromatic carbocycles. The first-order valence-electron chi connectivity index (χ1n) is 2.32.